The Kier molecular flexibility index (Phi) is 19.8. The standard InChI is InChI=1S/C39H60N8O10S/c1-8-22(6)32(41)37(55)43-25(17-30(40)48)34(52)46-28-19-58-39(57)27(15-21(4)5)45-33(51)24(14-20(2)3)42-36(54)29(16-23-12-10-9-11-13-23)47(7)38(56)26(18-31(49)50)44-35(28)53/h9-13,20-22,24-29,32H,8,14-19,41H2,1-7H3,(H2,40,48)(H,42,54)(H,43,55)(H,44,53)(H,45,51)(H,46,52)(H,49,50)/t22-,24-,25-,26-,27-,28+,29-,32-/m0/s1. The largest absolute Gasteiger partial charge is 0.481 e. The average molecular weight is 833 g/mol. The fraction of sp³-hybridized carbons (Fsp3) is 0.615. The van der Waals surface area contributed by atoms with Crippen molar-refractivity contribution >= 4 is 64.2 Å². The Balaban J connectivity index is 2.71. The molecule has 1 fully saturated rings. The first kappa shape index (κ1) is 49.1. The third kappa shape index (κ3) is 15.7. The van der Waals surface area contributed by atoms with Crippen LogP contribution in [0.25, 0.3) is 0 Å². The number of nitrogens with one attached hydrogen (secondary N) is 5. The van der Waals surface area contributed by atoms with Gasteiger partial charge in [-0.1, -0.05) is 90.1 Å². The van der Waals surface area contributed by atoms with Crippen LogP contribution in [0, 0.1) is 17.8 Å². The van der Waals surface area contributed by atoms with Gasteiger partial charge in [0.15, 0.2) is 0 Å². The Morgan fingerprint density at radius 1 is 0.862 bits per heavy atom. The zero-order valence-electron chi connectivity index (χ0n) is 34.2. The van der Waals surface area contributed by atoms with Gasteiger partial charge in [0.1, 0.15) is 30.2 Å². The Labute approximate surface area is 343 Å². The summed E-state index contributed by atoms with van der Waals surface area (Å²) < 4.78 is 0. The highest BCUT2D eigenvalue weighted by Crippen LogP contribution is 2.18. The summed E-state index contributed by atoms with van der Waals surface area (Å²) in [6, 6.07) is -1.03. The molecule has 1 aliphatic heterocycles. The smallest absolute Gasteiger partial charge is 0.305 e. The average Bonchev–Trinajstić information content (AvgIpc) is 3.15. The van der Waals surface area contributed by atoms with Crippen molar-refractivity contribution in [2.24, 2.45) is 29.2 Å². The maximum absolute atomic E-state index is 14.1. The van der Waals surface area contributed by atoms with E-state index in [0.717, 1.165) is 4.90 Å². The van der Waals surface area contributed by atoms with Crippen molar-refractivity contribution in [1.82, 2.24) is 31.5 Å². The van der Waals surface area contributed by atoms with Gasteiger partial charge in [-0.2, -0.15) is 0 Å². The van der Waals surface area contributed by atoms with Crippen LogP contribution < -0.4 is 38.1 Å². The van der Waals surface area contributed by atoms with Crippen LogP contribution in [0.4, 0.5) is 0 Å². The molecule has 1 aromatic rings. The lowest BCUT2D eigenvalue weighted by atomic mass is 9.99. The van der Waals surface area contributed by atoms with Crippen LogP contribution in [0.2, 0.25) is 0 Å². The lowest BCUT2D eigenvalue weighted by Gasteiger charge is -2.33. The number of hydrogen-bond donors (Lipinski definition) is 8. The minimum Gasteiger partial charge on any atom is -0.481 e. The van der Waals surface area contributed by atoms with Gasteiger partial charge in [0.25, 0.3) is 0 Å². The zero-order chi connectivity index (χ0) is 43.9. The normalized spacial score (nSPS) is 23.0. The first-order chi connectivity index (χ1) is 27.1. The van der Waals surface area contributed by atoms with Crippen LogP contribution in [0.15, 0.2) is 30.3 Å². The van der Waals surface area contributed by atoms with Crippen molar-refractivity contribution in [2.45, 2.75) is 122 Å². The third-order valence-corrected chi connectivity index (χ3v) is 10.7. The molecule has 1 heterocycles. The lowest BCUT2D eigenvalue weighted by Crippen LogP contribution is -2.61. The van der Waals surface area contributed by atoms with Crippen LogP contribution in [-0.2, 0) is 49.6 Å². The molecule has 1 aliphatic rings. The molecule has 0 saturated carbocycles. The maximum atomic E-state index is 14.1. The number of rotatable bonds is 16. The molecule has 0 bridgehead atoms. The molecule has 1 aromatic carbocycles. The molecule has 0 aliphatic carbocycles. The van der Waals surface area contributed by atoms with E-state index in [1.54, 1.807) is 44.2 Å². The summed E-state index contributed by atoms with van der Waals surface area (Å²) in [5.74, 6) is -8.77. The number of carboxylic acid groups (broad SMARTS) is 1. The summed E-state index contributed by atoms with van der Waals surface area (Å²) >= 11 is 0.576. The summed E-state index contributed by atoms with van der Waals surface area (Å²) in [7, 11) is 1.27. The van der Waals surface area contributed by atoms with Gasteiger partial charge in [0.2, 0.25) is 46.5 Å². The Morgan fingerprint density at radius 3 is 1.98 bits per heavy atom. The third-order valence-electron chi connectivity index (χ3n) is 9.65. The number of amides is 7. The van der Waals surface area contributed by atoms with Crippen LogP contribution in [-0.4, -0.2) is 118 Å². The fourth-order valence-electron chi connectivity index (χ4n) is 6.13. The Bertz CT molecular complexity index is 1640. The molecule has 2 rings (SSSR count). The number of likely N-dealkylation sites (N-methyl/N-ethyl adjacent to an activating group) is 1. The molecule has 1 saturated heterocycles. The van der Waals surface area contributed by atoms with Gasteiger partial charge in [0.05, 0.1) is 24.9 Å². The van der Waals surface area contributed by atoms with Crippen LogP contribution in [0.3, 0.4) is 0 Å². The minimum atomic E-state index is -1.79. The van der Waals surface area contributed by atoms with Crippen molar-refractivity contribution < 1.29 is 48.3 Å². The number of carbonyl (C=O) groups excluding carboxylic acids is 8. The van der Waals surface area contributed by atoms with Crippen LogP contribution in [0.5, 0.6) is 0 Å². The number of nitrogens with two attached hydrogens (primary N) is 2. The summed E-state index contributed by atoms with van der Waals surface area (Å²) in [4.78, 5) is 122. The number of nitrogens with zero attached hydrogens (tertiary/aromatic N) is 1. The van der Waals surface area contributed by atoms with Gasteiger partial charge < -0.3 is 48.1 Å². The van der Waals surface area contributed by atoms with Crippen molar-refractivity contribution in [1.29, 1.82) is 0 Å². The van der Waals surface area contributed by atoms with E-state index in [2.05, 4.69) is 26.6 Å². The molecule has 18 nitrogen and oxygen atoms in total. The zero-order valence-corrected chi connectivity index (χ0v) is 35.1. The van der Waals surface area contributed by atoms with Crippen LogP contribution >= 0.6 is 11.8 Å². The number of benzene rings is 1. The number of carbonyl (C=O) groups is 9. The van der Waals surface area contributed by atoms with E-state index in [-0.39, 0.29) is 37.0 Å². The molecule has 7 amide bonds. The predicted molar refractivity (Wildman–Crippen MR) is 216 cm³/mol. The second-order valence-corrected chi connectivity index (χ2v) is 16.6. The lowest BCUT2D eigenvalue weighted by molar-refractivity contribution is -0.146. The van der Waals surface area contributed by atoms with Crippen molar-refractivity contribution in [3.8, 4) is 0 Å². The molecule has 19 heteroatoms. The predicted octanol–water partition coefficient (Wildman–Crippen LogP) is -0.431. The first-order valence-corrected chi connectivity index (χ1v) is 20.4. The molecular formula is C39H60N8O10S. The van der Waals surface area contributed by atoms with E-state index in [1.165, 1.54) is 7.05 Å². The molecule has 0 unspecified atom stereocenters. The van der Waals surface area contributed by atoms with E-state index in [9.17, 15) is 48.3 Å². The van der Waals surface area contributed by atoms with Gasteiger partial charge in [-0.05, 0) is 36.2 Å². The van der Waals surface area contributed by atoms with Gasteiger partial charge in [-0.3, -0.25) is 43.2 Å². The van der Waals surface area contributed by atoms with E-state index >= 15 is 0 Å². The molecular weight excluding hydrogens is 773 g/mol. The Morgan fingerprint density at radius 2 is 1.43 bits per heavy atom. The number of thioether (sulfide) groups is 1. The fourth-order valence-corrected chi connectivity index (χ4v) is 7.05. The summed E-state index contributed by atoms with van der Waals surface area (Å²) in [6.07, 6.45) is -0.837. The van der Waals surface area contributed by atoms with E-state index in [0.29, 0.717) is 23.7 Å². The molecule has 58 heavy (non-hydrogen) atoms. The first-order valence-electron chi connectivity index (χ1n) is 19.4. The Hall–Kier alpha value is -5.04. The molecule has 0 aromatic heterocycles. The van der Waals surface area contributed by atoms with E-state index in [4.69, 9.17) is 11.5 Å². The number of hydrogen-bond acceptors (Lipinski definition) is 11. The van der Waals surface area contributed by atoms with E-state index < -0.39 is 113 Å². The summed E-state index contributed by atoms with van der Waals surface area (Å²) in [5, 5.41) is 21.9. The maximum Gasteiger partial charge on any atom is 0.305 e. The highest BCUT2D eigenvalue weighted by Gasteiger charge is 2.39. The molecule has 8 atom stereocenters. The minimum absolute atomic E-state index is 0.0594. The molecule has 322 valence electrons. The molecule has 0 spiro atoms. The van der Waals surface area contributed by atoms with Gasteiger partial charge in [-0.25, -0.2) is 0 Å². The van der Waals surface area contributed by atoms with Crippen molar-refractivity contribution in [3.63, 3.8) is 0 Å². The monoisotopic (exact) mass is 832 g/mol. The number of aliphatic carboxylic acids is 1. The number of primary amides is 1. The number of carboxylic acids is 1. The van der Waals surface area contributed by atoms with Gasteiger partial charge >= 0.3 is 5.97 Å². The molecule has 0 radical (unpaired) electrons. The van der Waals surface area contributed by atoms with E-state index in [1.807, 2.05) is 27.7 Å². The molecule has 10 N–H and O–H groups in total. The van der Waals surface area contributed by atoms with Crippen molar-refractivity contribution in [3.05, 3.63) is 35.9 Å². The topological polar surface area (TPSA) is 289 Å². The second kappa shape index (κ2) is 23.4. The van der Waals surface area contributed by atoms with Crippen LogP contribution in [0.1, 0.15) is 79.2 Å². The van der Waals surface area contributed by atoms with Gasteiger partial charge in [0, 0.05) is 19.2 Å². The summed E-state index contributed by atoms with van der Waals surface area (Å²) in [6.45, 7) is 10.9. The van der Waals surface area contributed by atoms with Gasteiger partial charge in [-0.15, -0.1) is 0 Å². The SMILES string of the molecule is CC[C@H](C)[C@H](N)C(=O)N[C@@H](CC(N)=O)C(=O)N[C@@H]1CSC(=O)[C@H](CC(C)C)NC(=O)[C@H](CC(C)C)NC(=O)[C@H](Cc2ccccc2)N(C)C(=O)[C@H](CC(=O)O)NC1=O. The van der Waals surface area contributed by atoms with Crippen molar-refractivity contribution in [2.75, 3.05) is 12.8 Å². The second-order valence-electron chi connectivity index (χ2n) is 15.5. The summed E-state index contributed by atoms with van der Waals surface area (Å²) in [5.41, 5.74) is 12.1. The quantitative estimate of drug-likeness (QED) is 0.105. The highest BCUT2D eigenvalue weighted by atomic mass is 32.2. The highest BCUT2D eigenvalue weighted by molar-refractivity contribution is 8.13.